The van der Waals surface area contributed by atoms with E-state index in [1.807, 2.05) is 0 Å². The molecule has 3 N–H and O–H groups in total. The summed E-state index contributed by atoms with van der Waals surface area (Å²) in [7, 11) is -2.37. The zero-order valence-corrected chi connectivity index (χ0v) is 15.4. The molecule has 0 heterocycles. The molecule has 1 atom stereocenters. The summed E-state index contributed by atoms with van der Waals surface area (Å²) in [5.74, 6) is -0.207. The fourth-order valence-corrected chi connectivity index (χ4v) is 4.35. The van der Waals surface area contributed by atoms with Gasteiger partial charge >= 0.3 is 5.97 Å². The van der Waals surface area contributed by atoms with Crippen molar-refractivity contribution in [2.75, 3.05) is 13.7 Å². The first kappa shape index (κ1) is 20.9. The highest BCUT2D eigenvalue weighted by atomic mass is 35.5. The molecule has 2 rings (SSSR count). The molecule has 1 unspecified atom stereocenters. The van der Waals surface area contributed by atoms with Crippen molar-refractivity contribution in [1.29, 1.82) is 0 Å². The minimum atomic E-state index is -3.65. The maximum absolute atomic E-state index is 12.5. The Bertz CT molecular complexity index is 628. The van der Waals surface area contributed by atoms with Gasteiger partial charge in [0.15, 0.2) is 0 Å². The Morgan fingerprint density at radius 3 is 2.33 bits per heavy atom. The van der Waals surface area contributed by atoms with E-state index >= 15 is 0 Å². The van der Waals surface area contributed by atoms with Crippen LogP contribution in [0.15, 0.2) is 29.2 Å². The molecule has 136 valence electrons. The van der Waals surface area contributed by atoms with E-state index < -0.39 is 16.0 Å². The van der Waals surface area contributed by atoms with E-state index in [4.69, 9.17) is 5.73 Å². The van der Waals surface area contributed by atoms with Crippen molar-refractivity contribution in [2.24, 2.45) is 11.7 Å². The molecule has 1 aromatic rings. The molecule has 0 amide bonds. The topological polar surface area (TPSA) is 98.5 Å². The SMILES string of the molecule is COC(=O)c1ccc(S(=O)(=O)NC(CN)C2CCCCC2)cc1.Cl. The highest BCUT2D eigenvalue weighted by Gasteiger charge is 2.27. The largest absolute Gasteiger partial charge is 0.465 e. The number of hydrogen-bond acceptors (Lipinski definition) is 5. The van der Waals surface area contributed by atoms with Crippen LogP contribution in [0.1, 0.15) is 42.5 Å². The Morgan fingerprint density at radius 2 is 1.83 bits per heavy atom. The van der Waals surface area contributed by atoms with Gasteiger partial charge in [-0.2, -0.15) is 0 Å². The maximum Gasteiger partial charge on any atom is 0.337 e. The van der Waals surface area contributed by atoms with Crippen molar-refractivity contribution in [3.63, 3.8) is 0 Å². The number of methoxy groups -OCH3 is 1. The quantitative estimate of drug-likeness (QED) is 0.740. The van der Waals surface area contributed by atoms with Crippen LogP contribution < -0.4 is 10.5 Å². The number of carbonyl (C=O) groups excluding carboxylic acids is 1. The molecule has 0 bridgehead atoms. The summed E-state index contributed by atoms with van der Waals surface area (Å²) >= 11 is 0. The second-order valence-electron chi connectivity index (χ2n) is 5.88. The molecular weight excluding hydrogens is 352 g/mol. The molecular formula is C16H25ClN2O4S. The van der Waals surface area contributed by atoms with Gasteiger partial charge in [0.05, 0.1) is 17.6 Å². The molecule has 1 fully saturated rings. The van der Waals surface area contributed by atoms with Crippen LogP contribution in [0.2, 0.25) is 0 Å². The van der Waals surface area contributed by atoms with Gasteiger partial charge in [-0.05, 0) is 43.0 Å². The number of carbonyl (C=O) groups is 1. The number of sulfonamides is 1. The Morgan fingerprint density at radius 1 is 1.25 bits per heavy atom. The molecule has 0 saturated heterocycles. The molecule has 1 aliphatic carbocycles. The molecule has 8 heteroatoms. The monoisotopic (exact) mass is 376 g/mol. The van der Waals surface area contributed by atoms with E-state index in [9.17, 15) is 13.2 Å². The zero-order valence-electron chi connectivity index (χ0n) is 13.7. The molecule has 0 aliphatic heterocycles. The number of rotatable bonds is 6. The fraction of sp³-hybridized carbons (Fsp3) is 0.562. The molecule has 24 heavy (non-hydrogen) atoms. The minimum absolute atomic E-state index is 0. The minimum Gasteiger partial charge on any atom is -0.465 e. The molecule has 1 aliphatic rings. The maximum atomic E-state index is 12.5. The first-order chi connectivity index (χ1) is 11.0. The summed E-state index contributed by atoms with van der Waals surface area (Å²) in [4.78, 5) is 11.5. The third kappa shape index (κ3) is 5.17. The number of esters is 1. The lowest BCUT2D eigenvalue weighted by atomic mass is 9.84. The summed E-state index contributed by atoms with van der Waals surface area (Å²) in [6, 6.07) is 5.45. The van der Waals surface area contributed by atoms with Crippen LogP contribution in [0.25, 0.3) is 0 Å². The molecule has 0 spiro atoms. The fourth-order valence-electron chi connectivity index (χ4n) is 3.03. The molecule has 6 nitrogen and oxygen atoms in total. The number of nitrogens with two attached hydrogens (primary N) is 1. The van der Waals surface area contributed by atoms with E-state index in [1.165, 1.54) is 37.8 Å². The molecule has 0 radical (unpaired) electrons. The summed E-state index contributed by atoms with van der Waals surface area (Å²) in [5.41, 5.74) is 6.10. The predicted octanol–water partition coefficient (Wildman–Crippen LogP) is 2.08. The number of nitrogens with one attached hydrogen (secondary N) is 1. The normalized spacial score (nSPS) is 16.9. The third-order valence-electron chi connectivity index (χ3n) is 4.37. The average molecular weight is 377 g/mol. The Balaban J connectivity index is 0.00000288. The van der Waals surface area contributed by atoms with Crippen molar-refractivity contribution in [1.82, 2.24) is 4.72 Å². The summed E-state index contributed by atoms with van der Waals surface area (Å²) in [6.45, 7) is 0.282. The number of benzene rings is 1. The Hall–Kier alpha value is -1.15. The van der Waals surface area contributed by atoms with Gasteiger partial charge in [-0.3, -0.25) is 0 Å². The van der Waals surface area contributed by atoms with E-state index in [-0.39, 0.29) is 35.8 Å². The van der Waals surface area contributed by atoms with Gasteiger partial charge in [-0.15, -0.1) is 12.4 Å². The number of hydrogen-bond donors (Lipinski definition) is 2. The van der Waals surface area contributed by atoms with E-state index in [2.05, 4.69) is 9.46 Å². The van der Waals surface area contributed by atoms with Crippen LogP contribution in [-0.4, -0.2) is 34.1 Å². The first-order valence-electron chi connectivity index (χ1n) is 7.88. The zero-order chi connectivity index (χ0) is 16.9. The van der Waals surface area contributed by atoms with Gasteiger partial charge in [0, 0.05) is 12.6 Å². The van der Waals surface area contributed by atoms with Gasteiger partial charge in [0.25, 0.3) is 0 Å². The number of halogens is 1. The molecule has 1 aromatic carbocycles. The lowest BCUT2D eigenvalue weighted by molar-refractivity contribution is 0.0600. The van der Waals surface area contributed by atoms with Crippen molar-refractivity contribution in [3.8, 4) is 0 Å². The average Bonchev–Trinajstić information content (AvgIpc) is 2.60. The third-order valence-corrected chi connectivity index (χ3v) is 5.87. The first-order valence-corrected chi connectivity index (χ1v) is 9.37. The van der Waals surface area contributed by atoms with Crippen molar-refractivity contribution in [3.05, 3.63) is 29.8 Å². The smallest absolute Gasteiger partial charge is 0.337 e. The van der Waals surface area contributed by atoms with Crippen LogP contribution >= 0.6 is 12.4 Å². The van der Waals surface area contributed by atoms with E-state index in [0.29, 0.717) is 5.56 Å². The van der Waals surface area contributed by atoms with Crippen LogP contribution in [-0.2, 0) is 14.8 Å². The van der Waals surface area contributed by atoms with Crippen LogP contribution in [0.4, 0.5) is 0 Å². The molecule has 1 saturated carbocycles. The van der Waals surface area contributed by atoms with Crippen molar-refractivity contribution >= 4 is 28.4 Å². The van der Waals surface area contributed by atoms with Crippen LogP contribution in [0.5, 0.6) is 0 Å². The molecule has 0 aromatic heterocycles. The van der Waals surface area contributed by atoms with Gasteiger partial charge in [-0.25, -0.2) is 17.9 Å². The van der Waals surface area contributed by atoms with Gasteiger partial charge < -0.3 is 10.5 Å². The van der Waals surface area contributed by atoms with E-state index in [1.54, 1.807) is 0 Å². The van der Waals surface area contributed by atoms with Gasteiger partial charge in [0.2, 0.25) is 10.0 Å². The second kappa shape index (κ2) is 9.36. The highest BCUT2D eigenvalue weighted by Crippen LogP contribution is 2.27. The Labute approximate surface area is 149 Å². The van der Waals surface area contributed by atoms with Crippen LogP contribution in [0, 0.1) is 5.92 Å². The van der Waals surface area contributed by atoms with Gasteiger partial charge in [0.1, 0.15) is 0 Å². The van der Waals surface area contributed by atoms with E-state index in [0.717, 1.165) is 25.7 Å². The highest BCUT2D eigenvalue weighted by molar-refractivity contribution is 7.89. The van der Waals surface area contributed by atoms with Gasteiger partial charge in [-0.1, -0.05) is 19.3 Å². The Kier molecular flexibility index (Phi) is 8.15. The van der Waals surface area contributed by atoms with Crippen molar-refractivity contribution < 1.29 is 17.9 Å². The second-order valence-corrected chi connectivity index (χ2v) is 7.59. The predicted molar refractivity (Wildman–Crippen MR) is 94.8 cm³/mol. The lowest BCUT2D eigenvalue weighted by Crippen LogP contribution is -2.45. The standard InChI is InChI=1S/C16H24N2O4S.ClH/c1-22-16(19)13-7-9-14(10-8-13)23(20,21)18-15(11-17)12-5-3-2-4-6-12;/h7-10,12,15,18H,2-6,11,17H2,1H3;1H. The number of ether oxygens (including phenoxy) is 1. The van der Waals surface area contributed by atoms with Crippen molar-refractivity contribution in [2.45, 2.75) is 43.0 Å². The van der Waals surface area contributed by atoms with Crippen LogP contribution in [0.3, 0.4) is 0 Å². The lowest BCUT2D eigenvalue weighted by Gasteiger charge is -2.29. The summed E-state index contributed by atoms with van der Waals surface area (Å²) < 4.78 is 32.3. The summed E-state index contributed by atoms with van der Waals surface area (Å²) in [5, 5.41) is 0. The summed E-state index contributed by atoms with van der Waals surface area (Å²) in [6.07, 6.45) is 5.46.